The van der Waals surface area contributed by atoms with Gasteiger partial charge in [-0.2, -0.15) is 0 Å². The monoisotopic (exact) mass is 274 g/mol. The zero-order chi connectivity index (χ0) is 14.4. The summed E-state index contributed by atoms with van der Waals surface area (Å²) in [4.78, 5) is 20.2. The predicted octanol–water partition coefficient (Wildman–Crippen LogP) is 1.88. The first-order valence-corrected chi connectivity index (χ1v) is 6.99. The third kappa shape index (κ3) is 3.73. The van der Waals surface area contributed by atoms with Gasteiger partial charge in [-0.1, -0.05) is 12.1 Å². The standard InChI is InChI=1S/C15H22N4O/c1-3-10-18(2)15(20)17-13-7-6-11-19(12-13)14-8-4-5-9-16-14/h3-5,8-9,13H,1,6-7,10-12H2,2H3,(H,17,20)/t13-/m0/s1. The first-order valence-electron chi connectivity index (χ1n) is 6.99. The lowest BCUT2D eigenvalue weighted by atomic mass is 10.1. The number of piperidine rings is 1. The van der Waals surface area contributed by atoms with Gasteiger partial charge in [0.1, 0.15) is 5.82 Å². The quantitative estimate of drug-likeness (QED) is 0.853. The fourth-order valence-electron chi connectivity index (χ4n) is 2.41. The molecule has 0 radical (unpaired) electrons. The Morgan fingerprint density at radius 2 is 2.50 bits per heavy atom. The fourth-order valence-corrected chi connectivity index (χ4v) is 2.41. The van der Waals surface area contributed by atoms with Crippen LogP contribution in [0.3, 0.4) is 0 Å². The third-order valence-electron chi connectivity index (χ3n) is 3.47. The molecule has 108 valence electrons. The Hall–Kier alpha value is -2.04. The number of anilines is 1. The molecular formula is C15H22N4O. The maximum atomic E-state index is 12.0. The summed E-state index contributed by atoms with van der Waals surface area (Å²) < 4.78 is 0. The predicted molar refractivity (Wildman–Crippen MR) is 80.8 cm³/mol. The van der Waals surface area contributed by atoms with E-state index in [1.54, 1.807) is 24.2 Å². The molecule has 1 aromatic heterocycles. The molecule has 1 aliphatic rings. The molecule has 2 amide bonds. The molecule has 1 aliphatic heterocycles. The highest BCUT2D eigenvalue weighted by Crippen LogP contribution is 2.17. The molecule has 0 aliphatic carbocycles. The number of pyridine rings is 1. The number of hydrogen-bond donors (Lipinski definition) is 1. The Morgan fingerprint density at radius 1 is 1.65 bits per heavy atom. The molecule has 20 heavy (non-hydrogen) atoms. The maximum absolute atomic E-state index is 12.0. The van der Waals surface area contributed by atoms with Crippen molar-refractivity contribution in [2.24, 2.45) is 0 Å². The Morgan fingerprint density at radius 3 is 3.20 bits per heavy atom. The van der Waals surface area contributed by atoms with Crippen LogP contribution in [0.1, 0.15) is 12.8 Å². The van der Waals surface area contributed by atoms with Crippen molar-refractivity contribution in [2.75, 3.05) is 31.6 Å². The molecule has 0 bridgehead atoms. The van der Waals surface area contributed by atoms with Gasteiger partial charge in [-0.25, -0.2) is 9.78 Å². The highest BCUT2D eigenvalue weighted by Gasteiger charge is 2.22. The van der Waals surface area contributed by atoms with Crippen molar-refractivity contribution in [2.45, 2.75) is 18.9 Å². The van der Waals surface area contributed by atoms with Gasteiger partial charge in [0.15, 0.2) is 0 Å². The number of urea groups is 1. The lowest BCUT2D eigenvalue weighted by molar-refractivity contribution is 0.207. The van der Waals surface area contributed by atoms with Crippen molar-refractivity contribution in [1.82, 2.24) is 15.2 Å². The smallest absolute Gasteiger partial charge is 0.317 e. The van der Waals surface area contributed by atoms with E-state index >= 15 is 0 Å². The molecule has 1 N–H and O–H groups in total. The molecule has 2 rings (SSSR count). The van der Waals surface area contributed by atoms with Gasteiger partial charge >= 0.3 is 6.03 Å². The van der Waals surface area contributed by atoms with Gasteiger partial charge in [-0.05, 0) is 25.0 Å². The van der Waals surface area contributed by atoms with Crippen molar-refractivity contribution >= 4 is 11.8 Å². The molecule has 5 heteroatoms. The number of carbonyl (C=O) groups is 1. The van der Waals surface area contributed by atoms with Crippen molar-refractivity contribution in [3.8, 4) is 0 Å². The van der Waals surface area contributed by atoms with Gasteiger partial charge in [0.2, 0.25) is 0 Å². The van der Waals surface area contributed by atoms with E-state index in [2.05, 4.69) is 21.8 Å². The summed E-state index contributed by atoms with van der Waals surface area (Å²) in [7, 11) is 1.77. The summed E-state index contributed by atoms with van der Waals surface area (Å²) in [6, 6.07) is 6.04. The Kier molecular flexibility index (Phi) is 4.98. The van der Waals surface area contributed by atoms with E-state index in [-0.39, 0.29) is 12.1 Å². The molecule has 1 aromatic rings. The number of rotatable bonds is 4. The van der Waals surface area contributed by atoms with Crippen LogP contribution in [0.2, 0.25) is 0 Å². The summed E-state index contributed by atoms with van der Waals surface area (Å²) in [6.07, 6.45) is 5.60. The number of likely N-dealkylation sites (N-methyl/N-ethyl adjacent to an activating group) is 1. The molecule has 0 spiro atoms. The van der Waals surface area contributed by atoms with E-state index in [0.717, 1.165) is 31.7 Å². The Bertz CT molecular complexity index is 448. The molecule has 2 heterocycles. The lowest BCUT2D eigenvalue weighted by Crippen LogP contribution is -2.51. The number of nitrogens with zero attached hydrogens (tertiary/aromatic N) is 3. The third-order valence-corrected chi connectivity index (χ3v) is 3.47. The van der Waals surface area contributed by atoms with Crippen LogP contribution in [0.4, 0.5) is 10.6 Å². The highest BCUT2D eigenvalue weighted by atomic mass is 16.2. The molecule has 5 nitrogen and oxygen atoms in total. The normalized spacial score (nSPS) is 18.4. The van der Waals surface area contributed by atoms with Gasteiger partial charge < -0.3 is 15.1 Å². The highest BCUT2D eigenvalue weighted by molar-refractivity contribution is 5.74. The minimum atomic E-state index is -0.0437. The van der Waals surface area contributed by atoms with E-state index in [1.165, 1.54) is 0 Å². The fraction of sp³-hybridized carbons (Fsp3) is 0.467. The second kappa shape index (κ2) is 6.93. The molecule has 1 saturated heterocycles. The molecule has 0 aromatic carbocycles. The van der Waals surface area contributed by atoms with Crippen LogP contribution < -0.4 is 10.2 Å². The largest absolute Gasteiger partial charge is 0.355 e. The number of aromatic nitrogens is 1. The van der Waals surface area contributed by atoms with Gasteiger partial charge in [-0.15, -0.1) is 6.58 Å². The molecule has 1 atom stereocenters. The second-order valence-electron chi connectivity index (χ2n) is 5.09. The topological polar surface area (TPSA) is 48.5 Å². The maximum Gasteiger partial charge on any atom is 0.317 e. The molecule has 1 fully saturated rings. The van der Waals surface area contributed by atoms with E-state index < -0.39 is 0 Å². The van der Waals surface area contributed by atoms with Gasteiger partial charge in [0.25, 0.3) is 0 Å². The number of carbonyl (C=O) groups excluding carboxylic acids is 1. The summed E-state index contributed by atoms with van der Waals surface area (Å²) >= 11 is 0. The summed E-state index contributed by atoms with van der Waals surface area (Å²) in [5.74, 6) is 0.978. The number of amides is 2. The first-order chi connectivity index (χ1) is 9.70. The van der Waals surface area contributed by atoms with Crippen LogP contribution in [0.25, 0.3) is 0 Å². The van der Waals surface area contributed by atoms with Crippen LogP contribution >= 0.6 is 0 Å². The molecular weight excluding hydrogens is 252 g/mol. The minimum Gasteiger partial charge on any atom is -0.355 e. The first kappa shape index (κ1) is 14.4. The average molecular weight is 274 g/mol. The minimum absolute atomic E-state index is 0.0437. The SMILES string of the molecule is C=CCN(C)C(=O)N[C@H]1CCCN(c2ccccn2)C1. The van der Waals surface area contributed by atoms with Crippen LogP contribution in [-0.4, -0.2) is 48.6 Å². The van der Waals surface area contributed by atoms with E-state index in [9.17, 15) is 4.79 Å². The van der Waals surface area contributed by atoms with Gasteiger partial charge in [0.05, 0.1) is 0 Å². The van der Waals surface area contributed by atoms with Crippen molar-refractivity contribution in [3.63, 3.8) is 0 Å². The molecule has 0 unspecified atom stereocenters. The number of nitrogens with one attached hydrogen (secondary N) is 1. The Labute approximate surface area is 120 Å². The van der Waals surface area contributed by atoms with E-state index in [4.69, 9.17) is 0 Å². The van der Waals surface area contributed by atoms with Crippen molar-refractivity contribution < 1.29 is 4.79 Å². The summed E-state index contributed by atoms with van der Waals surface area (Å²) in [5, 5.41) is 3.07. The summed E-state index contributed by atoms with van der Waals surface area (Å²) in [6.45, 7) is 6.00. The van der Waals surface area contributed by atoms with E-state index in [1.807, 2.05) is 18.2 Å². The summed E-state index contributed by atoms with van der Waals surface area (Å²) in [5.41, 5.74) is 0. The number of hydrogen-bond acceptors (Lipinski definition) is 3. The van der Waals surface area contributed by atoms with Crippen LogP contribution in [0.5, 0.6) is 0 Å². The second-order valence-corrected chi connectivity index (χ2v) is 5.09. The van der Waals surface area contributed by atoms with Gasteiger partial charge in [-0.3, -0.25) is 0 Å². The van der Waals surface area contributed by atoms with Crippen LogP contribution in [-0.2, 0) is 0 Å². The zero-order valence-electron chi connectivity index (χ0n) is 12.0. The van der Waals surface area contributed by atoms with Crippen molar-refractivity contribution in [1.29, 1.82) is 0 Å². The van der Waals surface area contributed by atoms with E-state index in [0.29, 0.717) is 6.54 Å². The molecule has 0 saturated carbocycles. The Balaban J connectivity index is 1.91. The van der Waals surface area contributed by atoms with Crippen molar-refractivity contribution in [3.05, 3.63) is 37.1 Å². The van der Waals surface area contributed by atoms with Crippen LogP contribution in [0, 0.1) is 0 Å². The average Bonchev–Trinajstić information content (AvgIpc) is 2.48. The lowest BCUT2D eigenvalue weighted by Gasteiger charge is -2.34. The zero-order valence-corrected chi connectivity index (χ0v) is 12.0. The van der Waals surface area contributed by atoms with Gasteiger partial charge in [0, 0.05) is 38.9 Å². The van der Waals surface area contributed by atoms with Crippen LogP contribution in [0.15, 0.2) is 37.1 Å².